The minimum atomic E-state index is -1.45. The van der Waals surface area contributed by atoms with Gasteiger partial charge < -0.3 is 0 Å². The molecule has 0 amide bonds. The van der Waals surface area contributed by atoms with Crippen LogP contribution in [0, 0.1) is 0 Å². The summed E-state index contributed by atoms with van der Waals surface area (Å²) in [6.07, 6.45) is 0. The van der Waals surface area contributed by atoms with Gasteiger partial charge >= 0.3 is 4.36 Å². The van der Waals surface area contributed by atoms with Crippen LogP contribution in [0.1, 0.15) is 0 Å². The molecule has 1 aromatic carbocycles. The van der Waals surface area contributed by atoms with Gasteiger partial charge in [0.1, 0.15) is 0 Å². The summed E-state index contributed by atoms with van der Waals surface area (Å²) >= 11 is 14.4. The number of halogens is 4. The Morgan fingerprint density at radius 1 is 1.21 bits per heavy atom. The zero-order chi connectivity index (χ0) is 10.9. The number of rotatable bonds is 2. The van der Waals surface area contributed by atoms with Gasteiger partial charge in [0.25, 0.3) is 0 Å². The highest BCUT2D eigenvalue weighted by Crippen LogP contribution is 2.16. The van der Waals surface area contributed by atoms with E-state index in [9.17, 15) is 0 Å². The van der Waals surface area contributed by atoms with E-state index >= 15 is 0 Å². The van der Waals surface area contributed by atoms with Crippen LogP contribution in [0.5, 0.6) is 0 Å². The van der Waals surface area contributed by atoms with E-state index in [0.29, 0.717) is 0 Å². The molecule has 1 rings (SSSR count). The summed E-state index contributed by atoms with van der Waals surface area (Å²) in [4.78, 5) is 0. The topological polar surface area (TPSA) is 0 Å². The molecule has 0 spiro atoms. The zero-order valence-corrected chi connectivity index (χ0v) is 15.2. The molecular weight excluding hydrogens is 455 g/mol. The van der Waals surface area contributed by atoms with Gasteiger partial charge in [-0.3, -0.25) is 0 Å². The predicted molar refractivity (Wildman–Crippen MR) is 83.4 cm³/mol. The van der Waals surface area contributed by atoms with E-state index in [4.69, 9.17) is 0 Å². The molecule has 0 bridgehead atoms. The van der Waals surface area contributed by atoms with Crippen molar-refractivity contribution in [2.45, 2.75) is 13.1 Å². The van der Waals surface area contributed by atoms with E-state index in [1.54, 1.807) is 0 Å². The van der Waals surface area contributed by atoms with Crippen molar-refractivity contribution in [3.63, 3.8) is 0 Å². The molecule has 0 aliphatic rings. The normalized spacial score (nSPS) is 11.6. The predicted octanol–water partition coefficient (Wildman–Crippen LogP) is 3.74. The van der Waals surface area contributed by atoms with Gasteiger partial charge in [-0.05, 0) is 12.1 Å². The van der Waals surface area contributed by atoms with Crippen LogP contribution in [-0.2, 0) is 0 Å². The van der Waals surface area contributed by atoms with Gasteiger partial charge in [0.05, 0.1) is 0 Å². The second-order valence-electron chi connectivity index (χ2n) is 3.50. The molecule has 14 heavy (non-hydrogen) atoms. The van der Waals surface area contributed by atoms with Gasteiger partial charge in [-0.15, -0.1) is 46.8 Å². The molecule has 0 N–H and O–H groups in total. The van der Waals surface area contributed by atoms with Crippen molar-refractivity contribution in [1.29, 1.82) is 0 Å². The minimum Gasteiger partial charge on any atom is -0.132 e. The lowest BCUT2D eigenvalue weighted by atomic mass is 9.95. The molecule has 0 heterocycles. The summed E-state index contributed by atoms with van der Waals surface area (Å²) < 4.78 is 1.36. The molecule has 0 saturated heterocycles. The fourth-order valence-corrected chi connectivity index (χ4v) is 5.47. The molecule has 76 valence electrons. The number of hydrogen-bond acceptors (Lipinski definition) is 0. The van der Waals surface area contributed by atoms with Crippen LogP contribution in [0.3, 0.4) is 0 Å². The van der Waals surface area contributed by atoms with Crippen molar-refractivity contribution in [2.24, 2.45) is 0 Å². The first kappa shape index (κ1) is 13.5. The third kappa shape index (κ3) is 3.47. The van der Waals surface area contributed by atoms with Crippen molar-refractivity contribution in [1.82, 2.24) is 0 Å². The Kier molecular flexibility index (Phi) is 4.98. The molecule has 0 saturated carbocycles. The van der Waals surface area contributed by atoms with Crippen molar-refractivity contribution in [3.8, 4) is 0 Å². The molecule has 0 radical (unpaired) electrons. The van der Waals surface area contributed by atoms with E-state index < -0.39 is 6.69 Å². The highest BCUT2D eigenvalue weighted by atomic mass is 79.9. The highest BCUT2D eigenvalue weighted by Gasteiger charge is 2.26. The average Bonchev–Trinajstić information content (AvgIpc) is 2.01. The van der Waals surface area contributed by atoms with E-state index in [1.165, 1.54) is 10.6 Å². The molecule has 0 aliphatic carbocycles. The van der Waals surface area contributed by atoms with Gasteiger partial charge in [0.2, 0.25) is 0 Å². The highest BCUT2D eigenvalue weighted by molar-refractivity contribution is 9.49. The van der Waals surface area contributed by atoms with Crippen LogP contribution in [0.25, 0.3) is 0 Å². The fraction of sp³-hybridized carbons (Fsp3) is 0.250. The van der Waals surface area contributed by atoms with Crippen molar-refractivity contribution >= 4 is 84.4 Å². The summed E-state index contributed by atoms with van der Waals surface area (Å²) in [5, 5.41) is 1.41. The number of benzene rings is 1. The summed E-state index contributed by atoms with van der Waals surface area (Å²) in [7, 11) is 0. The van der Waals surface area contributed by atoms with E-state index in [1.807, 2.05) is 0 Å². The Morgan fingerprint density at radius 2 is 1.79 bits per heavy atom. The zero-order valence-electron chi connectivity index (χ0n) is 7.82. The molecule has 0 aliphatic heterocycles. The van der Waals surface area contributed by atoms with E-state index in [-0.39, 0.29) is 4.36 Å². The fourth-order valence-electron chi connectivity index (χ4n) is 1.23. The van der Waals surface area contributed by atoms with Crippen LogP contribution in [0.2, 0.25) is 13.1 Å². The van der Waals surface area contributed by atoms with Gasteiger partial charge in [0, 0.05) is 4.47 Å². The first-order valence-electron chi connectivity index (χ1n) is 4.09. The van der Waals surface area contributed by atoms with Crippen LogP contribution in [0.4, 0.5) is 0 Å². The summed E-state index contributed by atoms with van der Waals surface area (Å²) in [6, 6.07) is 6.41. The third-order valence-corrected chi connectivity index (χ3v) is 6.37. The summed E-state index contributed by atoms with van der Waals surface area (Å²) in [5.74, 6) is 0. The lowest BCUT2D eigenvalue weighted by Gasteiger charge is -2.19. The first-order chi connectivity index (χ1) is 6.32. The SMILES string of the molecule is C[Si](C)(Br)c1cc(Br)ccc1B(Br)Br. The molecule has 1 aromatic rings. The van der Waals surface area contributed by atoms with Gasteiger partial charge in [0.15, 0.2) is 6.69 Å². The Hall–Kier alpha value is 1.42. The third-order valence-electron chi connectivity index (χ3n) is 1.89. The maximum atomic E-state index is 3.82. The average molecular weight is 464 g/mol. The van der Waals surface area contributed by atoms with Crippen molar-refractivity contribution < 1.29 is 0 Å². The molecule has 0 aromatic heterocycles. The van der Waals surface area contributed by atoms with Crippen molar-refractivity contribution in [2.75, 3.05) is 0 Å². The lowest BCUT2D eigenvalue weighted by molar-refractivity contribution is 1.72. The quantitative estimate of drug-likeness (QED) is 0.463. The maximum Gasteiger partial charge on any atom is 0.329 e. The monoisotopic (exact) mass is 460 g/mol. The molecule has 0 fully saturated rings. The second kappa shape index (κ2) is 5.17. The molecule has 0 unspecified atom stereocenters. The van der Waals surface area contributed by atoms with Gasteiger partial charge in [-0.25, -0.2) is 0 Å². The Morgan fingerprint density at radius 3 is 2.21 bits per heavy atom. The second-order valence-corrected chi connectivity index (χ2v) is 16.9. The van der Waals surface area contributed by atoms with Crippen molar-refractivity contribution in [3.05, 3.63) is 22.7 Å². The molecule has 6 heteroatoms. The Balaban J connectivity index is 3.30. The Labute approximate surface area is 119 Å². The van der Waals surface area contributed by atoms with Crippen LogP contribution in [-0.4, -0.2) is 11.1 Å². The van der Waals surface area contributed by atoms with Crippen LogP contribution >= 0.6 is 62.7 Å². The van der Waals surface area contributed by atoms with E-state index in [0.717, 1.165) is 4.47 Å². The minimum absolute atomic E-state index is 0.224. The van der Waals surface area contributed by atoms with Crippen LogP contribution < -0.4 is 10.6 Å². The Bertz CT molecular complexity index is 335. The van der Waals surface area contributed by atoms with Crippen LogP contribution in [0.15, 0.2) is 22.7 Å². The van der Waals surface area contributed by atoms with E-state index in [2.05, 4.69) is 94.0 Å². The van der Waals surface area contributed by atoms with Gasteiger partial charge in [-0.1, -0.05) is 45.7 Å². The largest absolute Gasteiger partial charge is 0.329 e. The molecular formula is C8H9BBr4Si. The molecule has 0 atom stereocenters. The maximum absolute atomic E-state index is 3.82. The summed E-state index contributed by atoms with van der Waals surface area (Å²) in [6.45, 7) is 3.11. The molecule has 0 nitrogen and oxygen atoms in total. The first-order valence-corrected chi connectivity index (χ1v) is 12.0. The summed E-state index contributed by atoms with van der Waals surface area (Å²) in [5.41, 5.74) is 1.31. The lowest BCUT2D eigenvalue weighted by Crippen LogP contribution is -2.48. The standard InChI is InChI=1S/C8H9BBr4Si/c1-14(2,13)8-5-6(10)3-4-7(8)9(11)12/h3-5H,1-2H3. The number of hydrogen-bond donors (Lipinski definition) is 0. The smallest absolute Gasteiger partial charge is 0.132 e. The van der Waals surface area contributed by atoms with Gasteiger partial charge in [-0.2, -0.15) is 0 Å².